The van der Waals surface area contributed by atoms with Crippen LogP contribution in [-0.2, 0) is 30.3 Å². The van der Waals surface area contributed by atoms with Crippen molar-refractivity contribution >= 4 is 29.8 Å². The van der Waals surface area contributed by atoms with E-state index in [0.29, 0.717) is 0 Å². The minimum Gasteiger partial charge on any atom is -0.481 e. The van der Waals surface area contributed by atoms with E-state index in [9.17, 15) is 24.0 Å². The molecule has 0 fully saturated rings. The first-order chi connectivity index (χ1) is 16.7. The first-order valence-corrected chi connectivity index (χ1v) is 11.8. The third kappa shape index (κ3) is 12.2. The summed E-state index contributed by atoms with van der Waals surface area (Å²) in [6.07, 6.45) is -1.07. The molecule has 0 bridgehead atoms. The fourth-order valence-electron chi connectivity index (χ4n) is 3.31. The number of hydrogen-bond donors (Lipinski definition) is 5. The zero-order chi connectivity index (χ0) is 27.5. The van der Waals surface area contributed by atoms with Crippen molar-refractivity contribution in [2.75, 3.05) is 0 Å². The Morgan fingerprint density at radius 3 is 1.97 bits per heavy atom. The van der Waals surface area contributed by atoms with Crippen molar-refractivity contribution in [3.05, 3.63) is 35.9 Å². The zero-order valence-corrected chi connectivity index (χ0v) is 21.5. The molecule has 11 nitrogen and oxygen atoms in total. The highest BCUT2D eigenvalue weighted by Gasteiger charge is 2.31. The van der Waals surface area contributed by atoms with E-state index in [2.05, 4.69) is 16.0 Å². The Labute approximate surface area is 211 Å². The molecule has 1 rings (SSSR count). The second-order valence-electron chi connectivity index (χ2n) is 9.98. The minimum atomic E-state index is -1.28. The molecule has 3 atom stereocenters. The fraction of sp³-hybridized carbons (Fsp3) is 0.560. The Bertz CT molecular complexity index is 913. The summed E-state index contributed by atoms with van der Waals surface area (Å²) < 4.78 is 5.23. The summed E-state index contributed by atoms with van der Waals surface area (Å²) in [5, 5.41) is 16.6. The molecule has 0 unspecified atom stereocenters. The van der Waals surface area contributed by atoms with Crippen molar-refractivity contribution in [1.82, 2.24) is 16.0 Å². The molecular weight excluding hydrogens is 468 g/mol. The fourth-order valence-corrected chi connectivity index (χ4v) is 3.31. The highest BCUT2D eigenvalue weighted by Crippen LogP contribution is 2.11. The summed E-state index contributed by atoms with van der Waals surface area (Å²) in [5.41, 5.74) is 5.44. The molecular formula is C25H38N4O7. The third-order valence-corrected chi connectivity index (χ3v) is 4.94. The maximum atomic E-state index is 13.0. The molecule has 0 aliphatic heterocycles. The SMILES string of the molecule is CC(C)C[C@H](NC(=O)OC(C)(C)C)C(=O)N[C@@H](CCC(=O)O)C(=O)N[C@@H](Cc1ccccc1)C(N)=O. The van der Waals surface area contributed by atoms with Gasteiger partial charge in [-0.25, -0.2) is 4.79 Å². The van der Waals surface area contributed by atoms with Gasteiger partial charge in [0.1, 0.15) is 23.7 Å². The van der Waals surface area contributed by atoms with Crippen molar-refractivity contribution in [3.8, 4) is 0 Å². The molecule has 1 aromatic carbocycles. The van der Waals surface area contributed by atoms with Crippen molar-refractivity contribution < 1.29 is 33.8 Å². The van der Waals surface area contributed by atoms with E-state index < -0.39 is 59.9 Å². The lowest BCUT2D eigenvalue weighted by atomic mass is 10.0. The van der Waals surface area contributed by atoms with E-state index >= 15 is 0 Å². The first-order valence-electron chi connectivity index (χ1n) is 11.8. The largest absolute Gasteiger partial charge is 0.481 e. The number of ether oxygens (including phenoxy) is 1. The summed E-state index contributed by atoms with van der Waals surface area (Å²) in [4.78, 5) is 61.5. The van der Waals surface area contributed by atoms with Crippen molar-refractivity contribution in [1.29, 1.82) is 0 Å². The van der Waals surface area contributed by atoms with Gasteiger partial charge in [0.25, 0.3) is 0 Å². The van der Waals surface area contributed by atoms with E-state index in [4.69, 9.17) is 15.6 Å². The van der Waals surface area contributed by atoms with Crippen LogP contribution in [-0.4, -0.2) is 58.6 Å². The Kier molecular flexibility index (Phi) is 11.9. The second kappa shape index (κ2) is 14.1. The Morgan fingerprint density at radius 1 is 0.917 bits per heavy atom. The molecule has 0 radical (unpaired) electrons. The number of hydrogen-bond acceptors (Lipinski definition) is 6. The number of aliphatic carboxylic acids is 1. The number of nitrogens with one attached hydrogen (secondary N) is 3. The number of amides is 4. The number of carboxylic acid groups (broad SMARTS) is 1. The number of primary amides is 1. The van der Waals surface area contributed by atoms with Gasteiger partial charge < -0.3 is 31.5 Å². The molecule has 6 N–H and O–H groups in total. The lowest BCUT2D eigenvalue weighted by molar-refractivity contribution is -0.138. The van der Waals surface area contributed by atoms with Gasteiger partial charge >= 0.3 is 12.1 Å². The lowest BCUT2D eigenvalue weighted by Gasteiger charge is -2.26. The van der Waals surface area contributed by atoms with Crippen molar-refractivity contribution in [3.63, 3.8) is 0 Å². The lowest BCUT2D eigenvalue weighted by Crippen LogP contribution is -2.57. The Balaban J connectivity index is 3.02. The van der Waals surface area contributed by atoms with Gasteiger partial charge in [-0.1, -0.05) is 44.2 Å². The standard InChI is InChI=1S/C25H38N4O7/c1-15(2)13-19(29-24(35)36-25(3,4)5)23(34)27-17(11-12-20(30)31)22(33)28-18(21(26)32)14-16-9-7-6-8-10-16/h6-10,15,17-19H,11-14H2,1-5H3,(H2,26,32)(H,27,34)(H,28,33)(H,29,35)(H,30,31)/t17-,18-,19-/m0/s1. The van der Waals surface area contributed by atoms with Crippen LogP contribution in [0.15, 0.2) is 30.3 Å². The average molecular weight is 507 g/mol. The van der Waals surface area contributed by atoms with Crippen LogP contribution >= 0.6 is 0 Å². The van der Waals surface area contributed by atoms with Gasteiger partial charge in [-0.05, 0) is 45.1 Å². The molecule has 0 aliphatic carbocycles. The van der Waals surface area contributed by atoms with E-state index in [1.54, 1.807) is 51.1 Å². The van der Waals surface area contributed by atoms with Crippen LogP contribution in [0.4, 0.5) is 4.79 Å². The van der Waals surface area contributed by atoms with Crippen molar-refractivity contribution in [2.24, 2.45) is 11.7 Å². The van der Waals surface area contributed by atoms with Crippen LogP contribution in [0, 0.1) is 5.92 Å². The number of carbonyl (C=O) groups excluding carboxylic acids is 4. The molecule has 36 heavy (non-hydrogen) atoms. The highest BCUT2D eigenvalue weighted by molar-refractivity contribution is 5.93. The van der Waals surface area contributed by atoms with Crippen LogP contribution in [0.5, 0.6) is 0 Å². The number of alkyl carbamates (subject to hydrolysis) is 1. The van der Waals surface area contributed by atoms with Gasteiger partial charge in [0.2, 0.25) is 17.7 Å². The summed E-state index contributed by atoms with van der Waals surface area (Å²) in [5.74, 6) is -3.38. The van der Waals surface area contributed by atoms with Crippen molar-refractivity contribution in [2.45, 2.75) is 84.0 Å². The average Bonchev–Trinajstić information content (AvgIpc) is 2.74. The number of nitrogens with two attached hydrogens (primary N) is 1. The number of benzene rings is 1. The number of carboxylic acids is 1. The van der Waals surface area contributed by atoms with Gasteiger partial charge in [-0.3, -0.25) is 19.2 Å². The topological polar surface area (TPSA) is 177 Å². The predicted molar refractivity (Wildman–Crippen MR) is 133 cm³/mol. The summed E-state index contributed by atoms with van der Waals surface area (Å²) in [7, 11) is 0. The molecule has 200 valence electrons. The number of rotatable bonds is 13. The molecule has 0 saturated carbocycles. The van der Waals surface area contributed by atoms with E-state index in [1.165, 1.54) is 0 Å². The van der Waals surface area contributed by atoms with Crippen LogP contribution in [0.1, 0.15) is 59.4 Å². The molecule has 0 heterocycles. The quantitative estimate of drug-likeness (QED) is 0.269. The van der Waals surface area contributed by atoms with Crippen LogP contribution in [0.2, 0.25) is 0 Å². The predicted octanol–water partition coefficient (Wildman–Crippen LogP) is 1.49. The minimum absolute atomic E-state index is 0.00657. The molecule has 0 saturated heterocycles. The summed E-state index contributed by atoms with van der Waals surface area (Å²) in [6, 6.07) is 5.51. The molecule has 0 spiro atoms. The third-order valence-electron chi connectivity index (χ3n) is 4.94. The second-order valence-corrected chi connectivity index (χ2v) is 9.98. The smallest absolute Gasteiger partial charge is 0.408 e. The maximum Gasteiger partial charge on any atom is 0.408 e. The van der Waals surface area contributed by atoms with E-state index in [0.717, 1.165) is 5.56 Å². The molecule has 0 aliphatic rings. The van der Waals surface area contributed by atoms with E-state index in [-0.39, 0.29) is 25.2 Å². The van der Waals surface area contributed by atoms with Gasteiger partial charge in [-0.2, -0.15) is 0 Å². The molecule has 11 heteroatoms. The van der Waals surface area contributed by atoms with Gasteiger partial charge in [0.05, 0.1) is 0 Å². The maximum absolute atomic E-state index is 13.0. The van der Waals surface area contributed by atoms with Gasteiger partial charge in [-0.15, -0.1) is 0 Å². The monoisotopic (exact) mass is 506 g/mol. The Morgan fingerprint density at radius 2 is 1.47 bits per heavy atom. The van der Waals surface area contributed by atoms with Gasteiger partial charge in [0, 0.05) is 12.8 Å². The molecule has 0 aromatic heterocycles. The van der Waals surface area contributed by atoms with E-state index in [1.807, 2.05) is 13.8 Å². The van der Waals surface area contributed by atoms with Crippen LogP contribution in [0.25, 0.3) is 0 Å². The number of carbonyl (C=O) groups is 5. The van der Waals surface area contributed by atoms with Gasteiger partial charge in [0.15, 0.2) is 0 Å². The van der Waals surface area contributed by atoms with Crippen LogP contribution in [0.3, 0.4) is 0 Å². The molecule has 4 amide bonds. The molecule has 1 aromatic rings. The normalized spacial score (nSPS) is 13.7. The van der Waals surface area contributed by atoms with Crippen LogP contribution < -0.4 is 21.7 Å². The first kappa shape index (κ1) is 30.4. The summed E-state index contributed by atoms with van der Waals surface area (Å²) >= 11 is 0. The highest BCUT2D eigenvalue weighted by atomic mass is 16.6. The summed E-state index contributed by atoms with van der Waals surface area (Å²) in [6.45, 7) is 8.75. The Hall–Kier alpha value is -3.63. The zero-order valence-electron chi connectivity index (χ0n) is 21.5.